The van der Waals surface area contributed by atoms with Crippen LogP contribution < -0.4 is 0 Å². The number of phenols is 2. The average molecular weight is 151 g/mol. The summed E-state index contributed by atoms with van der Waals surface area (Å²) >= 11 is 0. The van der Waals surface area contributed by atoms with Crippen molar-refractivity contribution in [3.05, 3.63) is 23.8 Å². The summed E-state index contributed by atoms with van der Waals surface area (Å²) in [6.07, 6.45) is 1.56. The largest absolute Gasteiger partial charge is 0.508 e. The van der Waals surface area contributed by atoms with Gasteiger partial charge in [0.15, 0.2) is 0 Å². The van der Waals surface area contributed by atoms with Gasteiger partial charge in [-0.05, 0) is 17.7 Å². The molecule has 11 heavy (non-hydrogen) atoms. The lowest BCUT2D eigenvalue weighted by molar-refractivity contribution is 0.450. The molecule has 0 aliphatic heterocycles. The molecule has 1 rings (SSSR count). The van der Waals surface area contributed by atoms with E-state index < -0.39 is 0 Å². The molecule has 1 aromatic carbocycles. The topological polar surface area (TPSA) is 52.8 Å². The van der Waals surface area contributed by atoms with E-state index in [1.807, 2.05) is 0 Å². The van der Waals surface area contributed by atoms with E-state index in [-0.39, 0.29) is 11.5 Å². The second kappa shape index (κ2) is 3.05. The fourth-order valence-corrected chi connectivity index (χ4v) is 0.842. The molecule has 0 saturated heterocycles. The molecule has 0 aromatic heterocycles. The molecule has 3 nitrogen and oxygen atoms in total. The standard InChI is InChI=1S/C8H9NO2/c1-9-5-6-2-7(10)4-8(11)3-6/h2-5,10-11H,1H3. The van der Waals surface area contributed by atoms with Gasteiger partial charge < -0.3 is 10.2 Å². The van der Waals surface area contributed by atoms with Crippen molar-refractivity contribution in [2.75, 3.05) is 7.05 Å². The first-order valence-corrected chi connectivity index (χ1v) is 3.17. The number of hydrogen-bond acceptors (Lipinski definition) is 3. The Bertz CT molecular complexity index is 261. The molecule has 0 amide bonds. The van der Waals surface area contributed by atoms with Crippen molar-refractivity contribution in [3.63, 3.8) is 0 Å². The molecule has 0 unspecified atom stereocenters. The number of nitrogens with zero attached hydrogens (tertiary/aromatic N) is 1. The Morgan fingerprint density at radius 2 is 1.73 bits per heavy atom. The van der Waals surface area contributed by atoms with Gasteiger partial charge in [-0.25, -0.2) is 0 Å². The molecule has 0 aliphatic carbocycles. The minimum atomic E-state index is 0.0416. The Labute approximate surface area is 64.6 Å². The van der Waals surface area contributed by atoms with Crippen LogP contribution in [0.15, 0.2) is 23.2 Å². The van der Waals surface area contributed by atoms with Gasteiger partial charge >= 0.3 is 0 Å². The van der Waals surface area contributed by atoms with Gasteiger partial charge in [0.25, 0.3) is 0 Å². The third kappa shape index (κ3) is 1.97. The van der Waals surface area contributed by atoms with Gasteiger partial charge in [0.1, 0.15) is 11.5 Å². The number of rotatable bonds is 1. The van der Waals surface area contributed by atoms with E-state index in [0.29, 0.717) is 5.56 Å². The summed E-state index contributed by atoms with van der Waals surface area (Å²) in [6.45, 7) is 0. The highest BCUT2D eigenvalue weighted by molar-refractivity contribution is 5.80. The average Bonchev–Trinajstić information content (AvgIpc) is 1.85. The van der Waals surface area contributed by atoms with Gasteiger partial charge in [-0.3, -0.25) is 4.99 Å². The molecular weight excluding hydrogens is 142 g/mol. The van der Waals surface area contributed by atoms with Crippen molar-refractivity contribution in [1.82, 2.24) is 0 Å². The maximum Gasteiger partial charge on any atom is 0.119 e. The molecule has 3 heteroatoms. The minimum Gasteiger partial charge on any atom is -0.508 e. The molecule has 0 fully saturated rings. The quantitative estimate of drug-likeness (QED) is 0.591. The SMILES string of the molecule is CN=Cc1cc(O)cc(O)c1. The summed E-state index contributed by atoms with van der Waals surface area (Å²) in [5, 5.41) is 18.0. The Kier molecular flexibility index (Phi) is 2.11. The maximum atomic E-state index is 9.00. The molecule has 2 N–H and O–H groups in total. The van der Waals surface area contributed by atoms with Crippen molar-refractivity contribution in [2.24, 2.45) is 4.99 Å². The Balaban J connectivity index is 3.08. The molecule has 0 saturated carbocycles. The van der Waals surface area contributed by atoms with E-state index in [4.69, 9.17) is 10.2 Å². The summed E-state index contributed by atoms with van der Waals surface area (Å²) in [4.78, 5) is 3.74. The lowest BCUT2D eigenvalue weighted by atomic mass is 10.2. The van der Waals surface area contributed by atoms with Crippen molar-refractivity contribution in [2.45, 2.75) is 0 Å². The Morgan fingerprint density at radius 3 is 2.18 bits per heavy atom. The molecular formula is C8H9NO2. The van der Waals surface area contributed by atoms with Crippen molar-refractivity contribution < 1.29 is 10.2 Å². The molecule has 58 valence electrons. The normalized spacial score (nSPS) is 10.6. The van der Waals surface area contributed by atoms with Gasteiger partial charge in [0, 0.05) is 19.3 Å². The van der Waals surface area contributed by atoms with Crippen LogP contribution in [-0.2, 0) is 0 Å². The summed E-state index contributed by atoms with van der Waals surface area (Å²) in [7, 11) is 1.63. The number of aliphatic imine (C=N–C) groups is 1. The van der Waals surface area contributed by atoms with Crippen LogP contribution in [0.2, 0.25) is 0 Å². The van der Waals surface area contributed by atoms with Crippen molar-refractivity contribution in [1.29, 1.82) is 0 Å². The Hall–Kier alpha value is -1.51. The zero-order valence-electron chi connectivity index (χ0n) is 6.15. The summed E-state index contributed by atoms with van der Waals surface area (Å²) in [5.41, 5.74) is 0.685. The zero-order valence-corrected chi connectivity index (χ0v) is 6.15. The first kappa shape index (κ1) is 7.60. The Morgan fingerprint density at radius 1 is 1.18 bits per heavy atom. The van der Waals surface area contributed by atoms with Crippen LogP contribution in [0.1, 0.15) is 5.56 Å². The lowest BCUT2D eigenvalue weighted by Crippen LogP contribution is -1.79. The predicted octanol–water partition coefficient (Wildman–Crippen LogP) is 1.15. The molecule has 0 spiro atoms. The fraction of sp³-hybridized carbons (Fsp3) is 0.125. The summed E-state index contributed by atoms with van der Waals surface area (Å²) in [5.74, 6) is 0.0831. The van der Waals surface area contributed by atoms with Gasteiger partial charge in [0.05, 0.1) is 0 Å². The second-order valence-corrected chi connectivity index (χ2v) is 2.17. The number of phenolic OH excluding ortho intramolecular Hbond substituents is 2. The van der Waals surface area contributed by atoms with Gasteiger partial charge in [-0.2, -0.15) is 0 Å². The van der Waals surface area contributed by atoms with Crippen LogP contribution in [0.4, 0.5) is 0 Å². The van der Waals surface area contributed by atoms with E-state index in [9.17, 15) is 0 Å². The highest BCUT2D eigenvalue weighted by Gasteiger charge is 1.94. The van der Waals surface area contributed by atoms with Gasteiger partial charge in [-0.1, -0.05) is 0 Å². The van der Waals surface area contributed by atoms with E-state index in [2.05, 4.69) is 4.99 Å². The minimum absolute atomic E-state index is 0.0416. The van der Waals surface area contributed by atoms with E-state index in [1.54, 1.807) is 13.3 Å². The molecule has 0 bridgehead atoms. The number of aromatic hydroxyl groups is 2. The van der Waals surface area contributed by atoms with Gasteiger partial charge in [-0.15, -0.1) is 0 Å². The van der Waals surface area contributed by atoms with Crippen LogP contribution in [0.25, 0.3) is 0 Å². The second-order valence-electron chi connectivity index (χ2n) is 2.17. The number of benzene rings is 1. The number of hydrogen-bond donors (Lipinski definition) is 2. The molecule has 0 atom stereocenters. The first-order chi connectivity index (χ1) is 5.22. The summed E-state index contributed by atoms with van der Waals surface area (Å²) < 4.78 is 0. The van der Waals surface area contributed by atoms with E-state index in [0.717, 1.165) is 0 Å². The molecule has 1 aromatic rings. The van der Waals surface area contributed by atoms with Gasteiger partial charge in [0.2, 0.25) is 0 Å². The predicted molar refractivity (Wildman–Crippen MR) is 43.3 cm³/mol. The molecule has 0 aliphatic rings. The van der Waals surface area contributed by atoms with Crippen LogP contribution >= 0.6 is 0 Å². The first-order valence-electron chi connectivity index (χ1n) is 3.17. The molecule has 0 heterocycles. The van der Waals surface area contributed by atoms with Crippen LogP contribution in [-0.4, -0.2) is 23.5 Å². The van der Waals surface area contributed by atoms with Crippen LogP contribution in [0, 0.1) is 0 Å². The highest BCUT2D eigenvalue weighted by atomic mass is 16.3. The molecule has 0 radical (unpaired) electrons. The smallest absolute Gasteiger partial charge is 0.119 e. The highest BCUT2D eigenvalue weighted by Crippen LogP contribution is 2.18. The zero-order chi connectivity index (χ0) is 8.27. The van der Waals surface area contributed by atoms with Crippen molar-refractivity contribution in [3.8, 4) is 11.5 Å². The van der Waals surface area contributed by atoms with Crippen LogP contribution in [0.5, 0.6) is 11.5 Å². The third-order valence-electron chi connectivity index (χ3n) is 1.20. The lowest BCUT2D eigenvalue weighted by Gasteiger charge is -1.96. The third-order valence-corrected chi connectivity index (χ3v) is 1.20. The van der Waals surface area contributed by atoms with Crippen molar-refractivity contribution >= 4 is 6.21 Å². The fourth-order valence-electron chi connectivity index (χ4n) is 0.842. The maximum absolute atomic E-state index is 9.00. The van der Waals surface area contributed by atoms with E-state index >= 15 is 0 Å². The monoisotopic (exact) mass is 151 g/mol. The summed E-state index contributed by atoms with van der Waals surface area (Å²) in [6, 6.07) is 4.31. The van der Waals surface area contributed by atoms with E-state index in [1.165, 1.54) is 18.2 Å². The van der Waals surface area contributed by atoms with Crippen LogP contribution in [0.3, 0.4) is 0 Å².